The van der Waals surface area contributed by atoms with Crippen LogP contribution in [0.5, 0.6) is 0 Å². The normalized spacial score (nSPS) is 25.0. The number of nitrogens with zero attached hydrogens (tertiary/aromatic N) is 4. The van der Waals surface area contributed by atoms with Crippen LogP contribution in [0.3, 0.4) is 0 Å². The minimum absolute atomic E-state index is 0.00987. The Balaban J connectivity index is 1.54. The third kappa shape index (κ3) is 5.72. The van der Waals surface area contributed by atoms with Gasteiger partial charge in [-0.3, -0.25) is 19.6 Å². The summed E-state index contributed by atoms with van der Waals surface area (Å²) in [5, 5.41) is 14.5. The van der Waals surface area contributed by atoms with Crippen molar-refractivity contribution >= 4 is 40.7 Å². The van der Waals surface area contributed by atoms with E-state index in [0.717, 1.165) is 0 Å². The van der Waals surface area contributed by atoms with E-state index in [1.807, 2.05) is 0 Å². The average molecular weight is 612 g/mol. The molecule has 4 heterocycles. The topological polar surface area (TPSA) is 107 Å². The van der Waals surface area contributed by atoms with Gasteiger partial charge in [-0.2, -0.15) is 0 Å². The molecule has 0 bridgehead atoms. The van der Waals surface area contributed by atoms with E-state index in [9.17, 15) is 19.1 Å². The van der Waals surface area contributed by atoms with Crippen molar-refractivity contribution in [2.24, 2.45) is 10.9 Å². The van der Waals surface area contributed by atoms with E-state index in [1.54, 1.807) is 34.4 Å². The van der Waals surface area contributed by atoms with Gasteiger partial charge in [0.15, 0.2) is 10.8 Å². The first-order valence-corrected chi connectivity index (χ1v) is 14.4. The number of carboxylic acid groups (broad SMARTS) is 1. The van der Waals surface area contributed by atoms with E-state index < -0.39 is 54.3 Å². The third-order valence-corrected chi connectivity index (χ3v) is 8.79. The summed E-state index contributed by atoms with van der Waals surface area (Å²) in [6.45, 7) is 2.85. The lowest BCUT2D eigenvalue weighted by Gasteiger charge is -2.31. The van der Waals surface area contributed by atoms with Crippen LogP contribution >= 0.6 is 22.9 Å². The molecule has 2 saturated heterocycles. The first-order valence-electron chi connectivity index (χ1n) is 13.2. The molecule has 3 aliphatic rings. The highest BCUT2D eigenvalue weighted by atomic mass is 35.5. The number of esters is 1. The molecule has 5 rings (SSSR count). The van der Waals surface area contributed by atoms with Gasteiger partial charge < -0.3 is 15.2 Å². The second-order valence-electron chi connectivity index (χ2n) is 10.3. The number of aromatic nitrogens is 1. The van der Waals surface area contributed by atoms with Crippen LogP contribution in [0, 0.1) is 11.7 Å². The molecule has 0 saturated carbocycles. The molecule has 1 aromatic heterocycles. The van der Waals surface area contributed by atoms with E-state index in [-0.39, 0.29) is 41.6 Å². The summed E-state index contributed by atoms with van der Waals surface area (Å²) in [7, 11) is 0. The van der Waals surface area contributed by atoms with Crippen molar-refractivity contribution in [1.82, 2.24) is 20.1 Å². The second kappa shape index (κ2) is 11.7. The minimum Gasteiger partial charge on any atom is -0.481 e. The van der Waals surface area contributed by atoms with Gasteiger partial charge in [-0.15, -0.1) is 11.3 Å². The van der Waals surface area contributed by atoms with E-state index in [0.29, 0.717) is 23.8 Å². The highest BCUT2D eigenvalue weighted by molar-refractivity contribution is 7.11. The van der Waals surface area contributed by atoms with E-state index in [2.05, 4.69) is 15.3 Å². The van der Waals surface area contributed by atoms with Crippen molar-refractivity contribution in [3.63, 3.8) is 0 Å². The van der Waals surface area contributed by atoms with Gasteiger partial charge in [-0.05, 0) is 19.4 Å². The van der Waals surface area contributed by atoms with Gasteiger partial charge in [0.2, 0.25) is 0 Å². The Labute approximate surface area is 243 Å². The van der Waals surface area contributed by atoms with E-state index in [1.165, 1.54) is 30.4 Å². The van der Waals surface area contributed by atoms with Crippen LogP contribution in [0.4, 0.5) is 13.2 Å². The molecule has 2 fully saturated rings. The number of thiazole rings is 1. The number of hydrogen-bond donors (Lipinski definition) is 2. The largest absolute Gasteiger partial charge is 0.481 e. The van der Waals surface area contributed by atoms with Gasteiger partial charge in [0.1, 0.15) is 11.9 Å². The molecule has 9 nitrogen and oxygen atoms in total. The molecule has 1 aromatic carbocycles. The van der Waals surface area contributed by atoms with Crippen LogP contribution in [0.2, 0.25) is 5.02 Å². The van der Waals surface area contributed by atoms with Crippen molar-refractivity contribution < 1.29 is 32.6 Å². The zero-order valence-electron chi connectivity index (χ0n) is 22.3. The van der Waals surface area contributed by atoms with Crippen LogP contribution in [-0.4, -0.2) is 88.5 Å². The molecule has 0 radical (unpaired) electrons. The molecule has 0 spiro atoms. The standard InChI is InChI=1S/C27H29ClF3N5O4S/c1-3-40-26(39)19-17(12-36-13-27(30,31)22-18(36)7-9-35(22)11-14(2)25(37)38)33-23(24-32-8-10-41-24)34-21(19)15-5-4-6-16(29)20(15)28/h4-6,8,10,14,18,21-22H,3,7,9,11-13H2,1-2H3,(H,33,34)(H,37,38)/t14?,18?,21-,22?/m0/s1. The quantitative estimate of drug-likeness (QED) is 0.411. The Bertz CT molecular complexity index is 1390. The first-order chi connectivity index (χ1) is 19.5. The van der Waals surface area contributed by atoms with Crippen molar-refractivity contribution in [1.29, 1.82) is 0 Å². The number of halogens is 4. The number of carbonyl (C=O) groups is 2. The molecule has 3 aliphatic heterocycles. The number of fused-ring (bicyclic) bond motifs is 1. The smallest absolute Gasteiger partial charge is 0.338 e. The Hall–Kier alpha value is -3.00. The maximum absolute atomic E-state index is 15.5. The third-order valence-electron chi connectivity index (χ3n) is 7.61. The number of amidine groups is 1. The second-order valence-corrected chi connectivity index (χ2v) is 11.6. The molecular weight excluding hydrogens is 583 g/mol. The fourth-order valence-corrected chi connectivity index (χ4v) is 6.65. The Morgan fingerprint density at radius 1 is 1.34 bits per heavy atom. The predicted molar refractivity (Wildman–Crippen MR) is 147 cm³/mol. The lowest BCUT2D eigenvalue weighted by molar-refractivity contribution is -0.142. The molecule has 2 aromatic rings. The lowest BCUT2D eigenvalue weighted by atomic mass is 9.95. The number of rotatable bonds is 9. The molecule has 2 N–H and O–H groups in total. The molecule has 4 atom stereocenters. The van der Waals surface area contributed by atoms with Gasteiger partial charge in [0.25, 0.3) is 5.92 Å². The number of aliphatic imine (C=N–C) groups is 1. The van der Waals surface area contributed by atoms with Gasteiger partial charge in [0.05, 0.1) is 35.7 Å². The monoisotopic (exact) mass is 611 g/mol. The van der Waals surface area contributed by atoms with Crippen LogP contribution in [0.15, 0.2) is 46.0 Å². The number of nitrogens with one attached hydrogen (secondary N) is 1. The molecule has 0 amide bonds. The molecular formula is C27H29ClF3N5O4S. The van der Waals surface area contributed by atoms with Crippen molar-refractivity contribution in [3.8, 4) is 0 Å². The number of hydrogen-bond acceptors (Lipinski definition) is 9. The number of likely N-dealkylation sites (tertiary alicyclic amines) is 2. The number of alkyl halides is 2. The number of ether oxygens (including phenoxy) is 1. The van der Waals surface area contributed by atoms with Gasteiger partial charge >= 0.3 is 11.9 Å². The van der Waals surface area contributed by atoms with Gasteiger partial charge in [-0.1, -0.05) is 30.7 Å². The first kappa shape index (κ1) is 29.5. The average Bonchev–Trinajstić information content (AvgIpc) is 3.65. The summed E-state index contributed by atoms with van der Waals surface area (Å²) in [5.41, 5.74) is 0.547. The molecule has 3 unspecified atom stereocenters. The molecule has 0 aliphatic carbocycles. The summed E-state index contributed by atoms with van der Waals surface area (Å²) >= 11 is 7.63. The summed E-state index contributed by atoms with van der Waals surface area (Å²) < 4.78 is 50.8. The maximum Gasteiger partial charge on any atom is 0.338 e. The highest BCUT2D eigenvalue weighted by Crippen LogP contribution is 2.43. The summed E-state index contributed by atoms with van der Waals surface area (Å²) in [6.07, 6.45) is 1.98. The summed E-state index contributed by atoms with van der Waals surface area (Å²) in [5.74, 6) is -6.09. The Kier molecular flexibility index (Phi) is 8.42. The van der Waals surface area contributed by atoms with Crippen LogP contribution in [0.25, 0.3) is 0 Å². The Morgan fingerprint density at radius 3 is 2.80 bits per heavy atom. The van der Waals surface area contributed by atoms with Crippen LogP contribution in [0.1, 0.15) is 36.9 Å². The summed E-state index contributed by atoms with van der Waals surface area (Å²) in [6, 6.07) is 1.37. The number of aliphatic carboxylic acids is 1. The van der Waals surface area contributed by atoms with Crippen molar-refractivity contribution in [2.45, 2.75) is 44.3 Å². The molecule has 220 valence electrons. The number of benzene rings is 1. The van der Waals surface area contributed by atoms with E-state index >= 15 is 8.78 Å². The van der Waals surface area contributed by atoms with Gasteiger partial charge in [0, 0.05) is 48.5 Å². The predicted octanol–water partition coefficient (Wildman–Crippen LogP) is 3.96. The van der Waals surface area contributed by atoms with Crippen molar-refractivity contribution in [3.05, 3.63) is 62.5 Å². The number of carboxylic acids is 1. The maximum atomic E-state index is 15.5. The lowest BCUT2D eigenvalue weighted by Crippen LogP contribution is -2.47. The highest BCUT2D eigenvalue weighted by Gasteiger charge is 2.59. The SMILES string of the molecule is CCOC(=O)C1=C(CN2CC(F)(F)C3C2CCN3CC(C)C(=O)O)NC(c2nccs2)=N[C@H]1c1cccc(F)c1Cl. The zero-order chi connectivity index (χ0) is 29.5. The molecule has 41 heavy (non-hydrogen) atoms. The zero-order valence-corrected chi connectivity index (χ0v) is 23.9. The van der Waals surface area contributed by atoms with E-state index in [4.69, 9.17) is 16.3 Å². The number of carbonyl (C=O) groups excluding carboxylic acids is 1. The fourth-order valence-electron chi connectivity index (χ4n) is 5.84. The fraction of sp³-hybridized carbons (Fsp3) is 0.481. The molecule has 14 heteroatoms. The summed E-state index contributed by atoms with van der Waals surface area (Å²) in [4.78, 5) is 36.9. The minimum atomic E-state index is -3.11. The van der Waals surface area contributed by atoms with Crippen LogP contribution in [-0.2, 0) is 14.3 Å². The van der Waals surface area contributed by atoms with Crippen molar-refractivity contribution in [2.75, 3.05) is 32.8 Å². The van der Waals surface area contributed by atoms with Gasteiger partial charge in [-0.25, -0.2) is 22.9 Å². The Morgan fingerprint density at radius 2 is 2.12 bits per heavy atom. The van der Waals surface area contributed by atoms with Crippen LogP contribution < -0.4 is 5.32 Å².